The van der Waals surface area contributed by atoms with Gasteiger partial charge < -0.3 is 14.3 Å². The first-order chi connectivity index (χ1) is 7.65. The van der Waals surface area contributed by atoms with Gasteiger partial charge in [0.1, 0.15) is 11.6 Å². The van der Waals surface area contributed by atoms with E-state index in [2.05, 4.69) is 0 Å². The molecule has 0 spiro atoms. The van der Waals surface area contributed by atoms with E-state index >= 15 is 0 Å². The zero-order chi connectivity index (χ0) is 11.5. The Labute approximate surface area is 89.9 Å². The summed E-state index contributed by atoms with van der Waals surface area (Å²) >= 11 is 0. The van der Waals surface area contributed by atoms with E-state index in [1.165, 1.54) is 36.4 Å². The second kappa shape index (κ2) is 4.06. The molecule has 0 aliphatic heterocycles. The summed E-state index contributed by atoms with van der Waals surface area (Å²) in [6.07, 6.45) is 0. The summed E-state index contributed by atoms with van der Waals surface area (Å²) < 4.78 is 22.6. The molecule has 2 rings (SSSR count). The van der Waals surface area contributed by atoms with Crippen molar-refractivity contribution in [2.24, 2.45) is 0 Å². The van der Waals surface area contributed by atoms with Gasteiger partial charge in [0.25, 0.3) is 5.95 Å². The first-order valence-corrected chi connectivity index (χ1v) is 4.42. The highest BCUT2D eigenvalue weighted by Gasteiger charge is 2.10. The maximum Gasteiger partial charge on any atom is 0.371 e. The Balaban J connectivity index is 2.14. The first kappa shape index (κ1) is 10.2. The Bertz CT molecular complexity index is 501. The monoisotopic (exact) mass is 222 g/mol. The molecule has 0 unspecified atom stereocenters. The van der Waals surface area contributed by atoms with Crippen molar-refractivity contribution >= 4 is 5.97 Å². The SMILES string of the molecule is O=C(O)c1ccc(Oc2ccc(F)cc2)o1. The average Bonchev–Trinajstić information content (AvgIpc) is 2.70. The largest absolute Gasteiger partial charge is 0.475 e. The fourth-order valence-corrected chi connectivity index (χ4v) is 1.11. The van der Waals surface area contributed by atoms with E-state index in [4.69, 9.17) is 14.3 Å². The summed E-state index contributed by atoms with van der Waals surface area (Å²) in [6.45, 7) is 0. The molecule has 0 fully saturated rings. The third kappa shape index (κ3) is 2.20. The predicted octanol–water partition coefficient (Wildman–Crippen LogP) is 2.91. The van der Waals surface area contributed by atoms with Gasteiger partial charge in [-0.15, -0.1) is 0 Å². The molecular weight excluding hydrogens is 215 g/mol. The fraction of sp³-hybridized carbons (Fsp3) is 0. The van der Waals surface area contributed by atoms with Gasteiger partial charge in [-0.05, 0) is 30.3 Å². The second-order valence-corrected chi connectivity index (χ2v) is 2.98. The highest BCUT2D eigenvalue weighted by molar-refractivity contribution is 5.84. The zero-order valence-corrected chi connectivity index (χ0v) is 8.01. The molecule has 0 radical (unpaired) electrons. The van der Waals surface area contributed by atoms with E-state index in [1.54, 1.807) is 0 Å². The van der Waals surface area contributed by atoms with Crippen LogP contribution in [0.3, 0.4) is 0 Å². The number of benzene rings is 1. The van der Waals surface area contributed by atoms with Crippen LogP contribution >= 0.6 is 0 Å². The Morgan fingerprint density at radius 3 is 2.44 bits per heavy atom. The number of carboxylic acids is 1. The molecule has 1 heterocycles. The van der Waals surface area contributed by atoms with Crippen molar-refractivity contribution in [3.05, 3.63) is 48.0 Å². The number of halogens is 1. The molecule has 16 heavy (non-hydrogen) atoms. The molecule has 1 aromatic heterocycles. The number of carbonyl (C=O) groups is 1. The molecule has 5 heteroatoms. The van der Waals surface area contributed by atoms with Crippen molar-refractivity contribution in [2.75, 3.05) is 0 Å². The summed E-state index contributed by atoms with van der Waals surface area (Å²) in [5, 5.41) is 8.60. The Kier molecular flexibility index (Phi) is 2.59. The molecule has 1 N–H and O–H groups in total. The van der Waals surface area contributed by atoms with Crippen molar-refractivity contribution in [1.29, 1.82) is 0 Å². The lowest BCUT2D eigenvalue weighted by molar-refractivity contribution is 0.0657. The number of carboxylic acid groups (broad SMARTS) is 1. The lowest BCUT2D eigenvalue weighted by Gasteiger charge is -2.00. The average molecular weight is 222 g/mol. The zero-order valence-electron chi connectivity index (χ0n) is 8.01. The van der Waals surface area contributed by atoms with Crippen LogP contribution in [0.4, 0.5) is 4.39 Å². The van der Waals surface area contributed by atoms with E-state index in [-0.39, 0.29) is 17.5 Å². The van der Waals surface area contributed by atoms with Gasteiger partial charge in [-0.1, -0.05) is 0 Å². The lowest BCUT2D eigenvalue weighted by atomic mass is 10.3. The van der Waals surface area contributed by atoms with Gasteiger partial charge in [-0.2, -0.15) is 0 Å². The quantitative estimate of drug-likeness (QED) is 0.867. The summed E-state index contributed by atoms with van der Waals surface area (Å²) in [6, 6.07) is 7.96. The van der Waals surface area contributed by atoms with Gasteiger partial charge in [0.2, 0.25) is 5.76 Å². The van der Waals surface area contributed by atoms with Crippen LogP contribution in [0.2, 0.25) is 0 Å². The molecule has 0 amide bonds. The van der Waals surface area contributed by atoms with Crippen LogP contribution in [0, 0.1) is 5.82 Å². The fourth-order valence-electron chi connectivity index (χ4n) is 1.11. The maximum absolute atomic E-state index is 12.6. The van der Waals surface area contributed by atoms with Gasteiger partial charge >= 0.3 is 5.97 Å². The third-order valence-corrected chi connectivity index (χ3v) is 1.82. The molecule has 0 aliphatic carbocycles. The minimum atomic E-state index is -1.17. The van der Waals surface area contributed by atoms with Crippen LogP contribution in [-0.4, -0.2) is 11.1 Å². The topological polar surface area (TPSA) is 59.7 Å². The summed E-state index contributed by atoms with van der Waals surface area (Å²) in [5.41, 5.74) is 0. The molecule has 0 saturated carbocycles. The van der Waals surface area contributed by atoms with Gasteiger partial charge in [0.05, 0.1) is 0 Å². The van der Waals surface area contributed by atoms with Crippen LogP contribution in [0.15, 0.2) is 40.8 Å². The van der Waals surface area contributed by atoms with Crippen LogP contribution in [0.5, 0.6) is 11.7 Å². The molecule has 2 aromatic rings. The number of hydrogen-bond donors (Lipinski definition) is 1. The number of hydrogen-bond acceptors (Lipinski definition) is 3. The second-order valence-electron chi connectivity index (χ2n) is 2.98. The molecule has 82 valence electrons. The van der Waals surface area contributed by atoms with Gasteiger partial charge in [0.15, 0.2) is 0 Å². The van der Waals surface area contributed by atoms with Crippen LogP contribution in [0.1, 0.15) is 10.6 Å². The van der Waals surface area contributed by atoms with E-state index in [0.29, 0.717) is 5.75 Å². The van der Waals surface area contributed by atoms with Crippen molar-refractivity contribution in [2.45, 2.75) is 0 Å². The van der Waals surface area contributed by atoms with Crippen LogP contribution in [0.25, 0.3) is 0 Å². The number of furan rings is 1. The van der Waals surface area contributed by atoms with Crippen LogP contribution < -0.4 is 4.74 Å². The summed E-state index contributed by atoms with van der Waals surface area (Å²) in [7, 11) is 0. The molecular formula is C11H7FO4. The smallest absolute Gasteiger partial charge is 0.371 e. The van der Waals surface area contributed by atoms with E-state index in [1.807, 2.05) is 0 Å². The summed E-state index contributed by atoms with van der Waals surface area (Å²) in [5.74, 6) is -1.35. The first-order valence-electron chi connectivity index (χ1n) is 4.42. The van der Waals surface area contributed by atoms with Crippen molar-refractivity contribution < 1.29 is 23.4 Å². The molecule has 0 aliphatic rings. The van der Waals surface area contributed by atoms with E-state index < -0.39 is 5.97 Å². The molecule has 1 aromatic carbocycles. The Morgan fingerprint density at radius 1 is 1.19 bits per heavy atom. The van der Waals surface area contributed by atoms with E-state index in [0.717, 1.165) is 0 Å². The standard InChI is InChI=1S/C11H7FO4/c12-7-1-3-8(4-2-7)15-10-6-5-9(16-10)11(13)14/h1-6H,(H,13,14). The number of aromatic carboxylic acids is 1. The highest BCUT2D eigenvalue weighted by Crippen LogP contribution is 2.23. The molecule has 0 atom stereocenters. The highest BCUT2D eigenvalue weighted by atomic mass is 19.1. The molecule has 0 saturated heterocycles. The molecule has 0 bridgehead atoms. The van der Waals surface area contributed by atoms with Gasteiger partial charge in [-0.25, -0.2) is 9.18 Å². The lowest BCUT2D eigenvalue weighted by Crippen LogP contribution is -1.91. The number of rotatable bonds is 3. The predicted molar refractivity (Wildman–Crippen MR) is 52.1 cm³/mol. The van der Waals surface area contributed by atoms with Crippen molar-refractivity contribution in [1.82, 2.24) is 0 Å². The Morgan fingerprint density at radius 2 is 1.88 bits per heavy atom. The van der Waals surface area contributed by atoms with Crippen molar-refractivity contribution in [3.63, 3.8) is 0 Å². The normalized spacial score (nSPS) is 10.1. The summed E-state index contributed by atoms with van der Waals surface area (Å²) in [4.78, 5) is 10.5. The van der Waals surface area contributed by atoms with Gasteiger partial charge in [-0.3, -0.25) is 0 Å². The third-order valence-electron chi connectivity index (χ3n) is 1.82. The maximum atomic E-state index is 12.6. The van der Waals surface area contributed by atoms with Crippen molar-refractivity contribution in [3.8, 4) is 11.7 Å². The number of ether oxygens (including phenoxy) is 1. The minimum Gasteiger partial charge on any atom is -0.475 e. The molecule has 4 nitrogen and oxygen atoms in total. The van der Waals surface area contributed by atoms with Crippen LogP contribution in [-0.2, 0) is 0 Å². The van der Waals surface area contributed by atoms with E-state index in [9.17, 15) is 9.18 Å². The van der Waals surface area contributed by atoms with Gasteiger partial charge in [0, 0.05) is 6.07 Å². The Hall–Kier alpha value is -2.30. The minimum absolute atomic E-state index is 0.0454.